The normalized spacial score (nSPS) is 10.1. The number of hydrogen-bond donors (Lipinski definition) is 1. The molecule has 1 rings (SSSR count). The molecule has 0 aliphatic carbocycles. The van der Waals surface area contributed by atoms with E-state index in [0.29, 0.717) is 6.61 Å². The maximum absolute atomic E-state index is 11.5. The molecule has 16 heavy (non-hydrogen) atoms. The fraction of sp³-hybridized carbons (Fsp3) is 0.462. The van der Waals surface area contributed by atoms with E-state index in [4.69, 9.17) is 4.74 Å². The molecule has 0 atom stereocenters. The highest BCUT2D eigenvalue weighted by Crippen LogP contribution is 2.20. The molecule has 0 heterocycles. The van der Waals surface area contributed by atoms with Crippen molar-refractivity contribution >= 4 is 5.97 Å². The number of rotatable bonds is 5. The van der Waals surface area contributed by atoms with Gasteiger partial charge in [0.05, 0.1) is 6.61 Å². The molecular weight excluding hydrogens is 204 g/mol. The predicted molar refractivity (Wildman–Crippen MR) is 62.7 cm³/mol. The topological polar surface area (TPSA) is 46.5 Å². The lowest BCUT2D eigenvalue weighted by Gasteiger charge is -2.06. The Bertz CT molecular complexity index is 358. The molecule has 3 nitrogen and oxygen atoms in total. The summed E-state index contributed by atoms with van der Waals surface area (Å²) in [6.07, 6.45) is 2.69. The van der Waals surface area contributed by atoms with E-state index in [2.05, 4.69) is 6.92 Å². The monoisotopic (exact) mass is 222 g/mol. The van der Waals surface area contributed by atoms with Gasteiger partial charge in [0.1, 0.15) is 11.3 Å². The van der Waals surface area contributed by atoms with E-state index in [-0.39, 0.29) is 11.3 Å². The Balaban J connectivity index is 2.77. The van der Waals surface area contributed by atoms with E-state index < -0.39 is 5.97 Å². The van der Waals surface area contributed by atoms with Gasteiger partial charge in [0.25, 0.3) is 0 Å². The van der Waals surface area contributed by atoms with Gasteiger partial charge >= 0.3 is 5.97 Å². The van der Waals surface area contributed by atoms with Gasteiger partial charge in [-0.1, -0.05) is 26.3 Å². The molecule has 1 aromatic rings. The van der Waals surface area contributed by atoms with Gasteiger partial charge in [0.15, 0.2) is 0 Å². The number of phenols is 1. The third-order valence-corrected chi connectivity index (χ3v) is 2.26. The van der Waals surface area contributed by atoms with Crippen molar-refractivity contribution in [2.45, 2.75) is 33.1 Å². The molecule has 0 aliphatic rings. The largest absolute Gasteiger partial charge is 0.507 e. The molecule has 1 N–H and O–H groups in total. The standard InChI is InChI=1S/C13H18O3/c1-3-5-10-6-7-11(12(14)9-10)13(15)16-8-4-2/h6-7,9,14H,3-5,8H2,1-2H3. The average molecular weight is 222 g/mol. The summed E-state index contributed by atoms with van der Waals surface area (Å²) in [6.45, 7) is 4.38. The number of benzene rings is 1. The van der Waals surface area contributed by atoms with Crippen LogP contribution in [0.4, 0.5) is 0 Å². The summed E-state index contributed by atoms with van der Waals surface area (Å²) in [5.41, 5.74) is 1.28. The van der Waals surface area contributed by atoms with Crippen LogP contribution in [0, 0.1) is 0 Å². The van der Waals surface area contributed by atoms with Gasteiger partial charge in [-0.05, 0) is 30.5 Å². The van der Waals surface area contributed by atoms with Crippen LogP contribution in [0.5, 0.6) is 5.75 Å². The van der Waals surface area contributed by atoms with Crippen LogP contribution in [0.15, 0.2) is 18.2 Å². The first-order chi connectivity index (χ1) is 7.69. The number of phenolic OH excluding ortho intramolecular Hbond substituents is 1. The zero-order valence-electron chi connectivity index (χ0n) is 9.82. The van der Waals surface area contributed by atoms with Crippen LogP contribution in [-0.4, -0.2) is 17.7 Å². The quantitative estimate of drug-likeness (QED) is 0.779. The van der Waals surface area contributed by atoms with Crippen molar-refractivity contribution < 1.29 is 14.6 Å². The molecule has 0 amide bonds. The van der Waals surface area contributed by atoms with Crippen molar-refractivity contribution in [1.82, 2.24) is 0 Å². The van der Waals surface area contributed by atoms with Crippen molar-refractivity contribution in [2.24, 2.45) is 0 Å². The minimum Gasteiger partial charge on any atom is -0.507 e. The Morgan fingerprint density at radius 3 is 2.62 bits per heavy atom. The van der Waals surface area contributed by atoms with Gasteiger partial charge in [0.2, 0.25) is 0 Å². The van der Waals surface area contributed by atoms with E-state index >= 15 is 0 Å². The summed E-state index contributed by atoms with van der Waals surface area (Å²) >= 11 is 0. The van der Waals surface area contributed by atoms with Crippen molar-refractivity contribution in [3.8, 4) is 5.75 Å². The summed E-state index contributed by atoms with van der Waals surface area (Å²) < 4.78 is 4.96. The molecular formula is C13H18O3. The van der Waals surface area contributed by atoms with Crippen LogP contribution in [0.3, 0.4) is 0 Å². The predicted octanol–water partition coefficient (Wildman–Crippen LogP) is 2.91. The second kappa shape index (κ2) is 6.16. The highest BCUT2D eigenvalue weighted by molar-refractivity contribution is 5.92. The zero-order valence-corrected chi connectivity index (χ0v) is 9.82. The number of aromatic hydroxyl groups is 1. The van der Waals surface area contributed by atoms with Gasteiger partial charge in [-0.25, -0.2) is 4.79 Å². The molecule has 0 unspecified atom stereocenters. The first-order valence-corrected chi connectivity index (χ1v) is 5.68. The smallest absolute Gasteiger partial charge is 0.341 e. The minimum atomic E-state index is -0.456. The molecule has 0 radical (unpaired) electrons. The fourth-order valence-electron chi connectivity index (χ4n) is 1.47. The van der Waals surface area contributed by atoms with Crippen LogP contribution in [0.25, 0.3) is 0 Å². The van der Waals surface area contributed by atoms with Crippen LogP contribution >= 0.6 is 0 Å². The molecule has 3 heteroatoms. The number of esters is 1. The summed E-state index contributed by atoms with van der Waals surface area (Å²) in [7, 11) is 0. The van der Waals surface area contributed by atoms with Gasteiger partial charge in [-0.3, -0.25) is 0 Å². The molecule has 0 saturated carbocycles. The zero-order chi connectivity index (χ0) is 12.0. The second-order valence-corrected chi connectivity index (χ2v) is 3.74. The summed E-state index contributed by atoms with van der Waals surface area (Å²) in [5, 5.41) is 9.69. The maximum atomic E-state index is 11.5. The average Bonchev–Trinajstić information content (AvgIpc) is 2.26. The van der Waals surface area contributed by atoms with Crippen LogP contribution in [0.2, 0.25) is 0 Å². The van der Waals surface area contributed by atoms with Crippen molar-refractivity contribution in [3.05, 3.63) is 29.3 Å². The Labute approximate surface area is 96.1 Å². The van der Waals surface area contributed by atoms with Gasteiger partial charge in [-0.15, -0.1) is 0 Å². The highest BCUT2D eigenvalue weighted by Gasteiger charge is 2.12. The van der Waals surface area contributed by atoms with Gasteiger partial charge < -0.3 is 9.84 Å². The minimum absolute atomic E-state index is 0.00653. The van der Waals surface area contributed by atoms with Crippen LogP contribution in [-0.2, 0) is 11.2 Å². The second-order valence-electron chi connectivity index (χ2n) is 3.74. The lowest BCUT2D eigenvalue weighted by atomic mass is 10.1. The Morgan fingerprint density at radius 1 is 1.31 bits per heavy atom. The lowest BCUT2D eigenvalue weighted by Crippen LogP contribution is -2.06. The number of carbonyl (C=O) groups excluding carboxylic acids is 1. The Kier molecular flexibility index (Phi) is 4.83. The van der Waals surface area contributed by atoms with Gasteiger partial charge in [-0.2, -0.15) is 0 Å². The molecule has 88 valence electrons. The fourth-order valence-corrected chi connectivity index (χ4v) is 1.47. The maximum Gasteiger partial charge on any atom is 0.341 e. The van der Waals surface area contributed by atoms with Crippen LogP contribution in [0.1, 0.15) is 42.6 Å². The van der Waals surface area contributed by atoms with E-state index in [9.17, 15) is 9.90 Å². The lowest BCUT2D eigenvalue weighted by molar-refractivity contribution is 0.0502. The van der Waals surface area contributed by atoms with E-state index in [1.54, 1.807) is 12.1 Å². The highest BCUT2D eigenvalue weighted by atomic mass is 16.5. The van der Waals surface area contributed by atoms with Crippen molar-refractivity contribution in [2.75, 3.05) is 6.61 Å². The molecule has 0 aromatic heterocycles. The molecule has 0 fully saturated rings. The third kappa shape index (κ3) is 3.26. The number of aryl methyl sites for hydroxylation is 1. The summed E-state index contributed by atoms with van der Waals surface area (Å²) in [6, 6.07) is 5.11. The van der Waals surface area contributed by atoms with Crippen molar-refractivity contribution in [1.29, 1.82) is 0 Å². The van der Waals surface area contributed by atoms with E-state index in [1.165, 1.54) is 0 Å². The number of ether oxygens (including phenoxy) is 1. The summed E-state index contributed by atoms with van der Waals surface area (Å²) in [4.78, 5) is 11.5. The van der Waals surface area contributed by atoms with Crippen molar-refractivity contribution in [3.63, 3.8) is 0 Å². The van der Waals surface area contributed by atoms with Gasteiger partial charge in [0, 0.05) is 0 Å². The third-order valence-electron chi connectivity index (χ3n) is 2.26. The number of carbonyl (C=O) groups is 1. The van der Waals surface area contributed by atoms with Crippen LogP contribution < -0.4 is 0 Å². The first kappa shape index (κ1) is 12.6. The number of hydrogen-bond acceptors (Lipinski definition) is 3. The Hall–Kier alpha value is -1.51. The summed E-state index contributed by atoms with van der Waals surface area (Å²) in [5.74, 6) is -0.450. The van der Waals surface area contributed by atoms with E-state index in [0.717, 1.165) is 24.8 Å². The SMILES string of the molecule is CCCOC(=O)c1ccc(CCC)cc1O. The molecule has 0 aliphatic heterocycles. The first-order valence-electron chi connectivity index (χ1n) is 5.68. The molecule has 0 spiro atoms. The molecule has 0 saturated heterocycles. The molecule has 0 bridgehead atoms. The van der Waals surface area contributed by atoms with E-state index in [1.807, 2.05) is 13.0 Å². The molecule has 1 aromatic carbocycles. The Morgan fingerprint density at radius 2 is 2.06 bits per heavy atom.